The van der Waals surface area contributed by atoms with Crippen LogP contribution in [0.4, 0.5) is 5.69 Å². The van der Waals surface area contributed by atoms with Crippen LogP contribution in [0.3, 0.4) is 0 Å². The maximum absolute atomic E-state index is 9.25. The third-order valence-corrected chi connectivity index (χ3v) is 2.19. The van der Waals surface area contributed by atoms with E-state index in [1.54, 1.807) is 12.1 Å². The second-order valence-electron chi connectivity index (χ2n) is 3.70. The molecular weight excluding hydrogens is 242 g/mol. The first kappa shape index (κ1) is 12.6. The molecule has 0 aliphatic heterocycles. The van der Waals surface area contributed by atoms with Gasteiger partial charge < -0.3 is 9.84 Å². The van der Waals surface area contributed by atoms with Gasteiger partial charge in [0.1, 0.15) is 17.7 Å². The summed E-state index contributed by atoms with van der Waals surface area (Å²) in [4.78, 5) is 0. The van der Waals surface area contributed by atoms with Gasteiger partial charge in [0, 0.05) is 6.07 Å². The lowest BCUT2D eigenvalue weighted by molar-refractivity contribution is 0.469. The van der Waals surface area contributed by atoms with E-state index in [-0.39, 0.29) is 11.6 Å². The first-order valence-electron chi connectivity index (χ1n) is 5.63. The molecule has 0 saturated heterocycles. The molecule has 0 aromatic heterocycles. The number of aromatic hydroxyl groups is 1. The molecule has 0 saturated carbocycles. The number of ether oxygens (including phenoxy) is 1. The molecule has 19 heavy (non-hydrogen) atoms. The molecular formula is C14H13N3O2. The monoisotopic (exact) mass is 255 g/mol. The number of phenols is 1. The van der Waals surface area contributed by atoms with Gasteiger partial charge in [-0.15, -0.1) is 0 Å². The maximum atomic E-state index is 9.25. The molecule has 0 aliphatic carbocycles. The molecule has 5 nitrogen and oxygen atoms in total. The largest absolute Gasteiger partial charge is 0.508 e. The van der Waals surface area contributed by atoms with E-state index >= 15 is 0 Å². The summed E-state index contributed by atoms with van der Waals surface area (Å²) in [6, 6.07) is 15.6. The Morgan fingerprint density at radius 3 is 2.68 bits per heavy atom. The number of hydrogen-bond donors (Lipinski definition) is 3. The van der Waals surface area contributed by atoms with Gasteiger partial charge in [0.15, 0.2) is 0 Å². The first-order valence-corrected chi connectivity index (χ1v) is 5.63. The molecule has 0 radical (unpaired) electrons. The number of para-hydroxylation sites is 1. The molecule has 96 valence electrons. The van der Waals surface area contributed by atoms with E-state index < -0.39 is 0 Å². The fraction of sp³-hybridized carbons (Fsp3) is 0. The Balaban J connectivity index is 1.88. The number of nitrogens with one attached hydrogen (secondary N) is 2. The zero-order chi connectivity index (χ0) is 13.5. The third kappa shape index (κ3) is 4.16. The van der Waals surface area contributed by atoms with E-state index in [0.29, 0.717) is 5.75 Å². The number of nitrogens with zero attached hydrogens (tertiary/aromatic N) is 1. The van der Waals surface area contributed by atoms with Crippen molar-refractivity contribution in [3.63, 3.8) is 0 Å². The molecule has 2 rings (SSSR count). The fourth-order valence-electron chi connectivity index (χ4n) is 1.38. The Morgan fingerprint density at radius 2 is 1.95 bits per heavy atom. The number of phenolic OH excluding ortho intramolecular Hbond substituents is 1. The zero-order valence-corrected chi connectivity index (χ0v) is 10.1. The summed E-state index contributed by atoms with van der Waals surface area (Å²) in [7, 11) is 0. The molecule has 0 spiro atoms. The smallest absolute Gasteiger partial charge is 0.232 e. The highest BCUT2D eigenvalue weighted by Crippen LogP contribution is 2.17. The molecule has 0 bridgehead atoms. The Hall–Kier alpha value is -2.82. The molecule has 2 aromatic rings. The highest BCUT2D eigenvalue weighted by atomic mass is 16.5. The van der Waals surface area contributed by atoms with Crippen molar-refractivity contribution in [2.75, 3.05) is 5.43 Å². The number of anilines is 1. The van der Waals surface area contributed by atoms with Crippen LogP contribution in [0.2, 0.25) is 0 Å². The summed E-state index contributed by atoms with van der Waals surface area (Å²) >= 11 is 0. The highest BCUT2D eigenvalue weighted by molar-refractivity contribution is 6.25. The van der Waals surface area contributed by atoms with E-state index in [0.717, 1.165) is 5.69 Å². The van der Waals surface area contributed by atoms with Crippen LogP contribution in [0, 0.1) is 5.41 Å². The number of benzene rings is 2. The Kier molecular flexibility index (Phi) is 4.12. The van der Waals surface area contributed by atoms with Crippen LogP contribution in [0.1, 0.15) is 0 Å². The lowest BCUT2D eigenvalue weighted by Crippen LogP contribution is -2.09. The van der Waals surface area contributed by atoms with Gasteiger partial charge in [-0.05, 0) is 24.3 Å². The van der Waals surface area contributed by atoms with Gasteiger partial charge in [-0.3, -0.25) is 10.8 Å². The minimum atomic E-state index is -0.131. The summed E-state index contributed by atoms with van der Waals surface area (Å²) in [5, 5.41) is 20.7. The molecule has 3 N–H and O–H groups in total. The maximum Gasteiger partial charge on any atom is 0.232 e. The standard InChI is InChI=1S/C14H13N3O2/c15-14(19-13-8-4-7-12(18)9-13)10-16-17-11-5-2-1-3-6-11/h1-10,15,17-18H. The SMILES string of the molecule is N=C(C=NNc1ccccc1)Oc1cccc(O)c1. The van der Waals surface area contributed by atoms with Gasteiger partial charge in [-0.25, -0.2) is 0 Å². The predicted molar refractivity (Wildman–Crippen MR) is 75.0 cm³/mol. The van der Waals surface area contributed by atoms with Crippen molar-refractivity contribution in [2.45, 2.75) is 0 Å². The summed E-state index contributed by atoms with van der Waals surface area (Å²) in [6.45, 7) is 0. The average molecular weight is 255 g/mol. The van der Waals surface area contributed by atoms with Crippen molar-refractivity contribution in [3.8, 4) is 11.5 Å². The fourth-order valence-corrected chi connectivity index (χ4v) is 1.38. The number of hydrogen-bond acceptors (Lipinski definition) is 5. The Bertz CT molecular complexity index is 582. The van der Waals surface area contributed by atoms with Crippen LogP contribution >= 0.6 is 0 Å². The van der Waals surface area contributed by atoms with Crippen molar-refractivity contribution in [3.05, 3.63) is 54.6 Å². The Morgan fingerprint density at radius 1 is 1.16 bits per heavy atom. The van der Waals surface area contributed by atoms with Crippen LogP contribution in [0.15, 0.2) is 59.7 Å². The summed E-state index contributed by atoms with van der Waals surface area (Å²) < 4.78 is 5.17. The van der Waals surface area contributed by atoms with E-state index in [1.165, 1.54) is 18.3 Å². The van der Waals surface area contributed by atoms with Crippen LogP contribution in [0.25, 0.3) is 0 Å². The second-order valence-corrected chi connectivity index (χ2v) is 3.70. The average Bonchev–Trinajstić information content (AvgIpc) is 2.40. The number of rotatable bonds is 4. The molecule has 0 atom stereocenters. The van der Waals surface area contributed by atoms with Crippen LogP contribution in [-0.2, 0) is 0 Å². The minimum Gasteiger partial charge on any atom is -0.508 e. The quantitative estimate of drug-likeness (QED) is 0.446. The molecule has 0 amide bonds. The van der Waals surface area contributed by atoms with Crippen LogP contribution in [0.5, 0.6) is 11.5 Å². The molecule has 0 unspecified atom stereocenters. The first-order chi connectivity index (χ1) is 9.24. The third-order valence-electron chi connectivity index (χ3n) is 2.19. The Labute approximate surface area is 110 Å². The van der Waals surface area contributed by atoms with Crippen molar-refractivity contribution < 1.29 is 9.84 Å². The summed E-state index contributed by atoms with van der Waals surface area (Å²) in [5.41, 5.74) is 3.59. The second kappa shape index (κ2) is 6.20. The van der Waals surface area contributed by atoms with Gasteiger partial charge in [0.25, 0.3) is 0 Å². The minimum absolute atomic E-state index is 0.0876. The van der Waals surface area contributed by atoms with Gasteiger partial charge in [-0.1, -0.05) is 24.3 Å². The predicted octanol–water partition coefficient (Wildman–Crippen LogP) is 2.85. The lowest BCUT2D eigenvalue weighted by Gasteiger charge is -2.03. The van der Waals surface area contributed by atoms with Crippen LogP contribution < -0.4 is 10.2 Å². The van der Waals surface area contributed by atoms with Crippen molar-refractivity contribution in [1.29, 1.82) is 5.41 Å². The molecule has 0 aliphatic rings. The van der Waals surface area contributed by atoms with Gasteiger partial charge >= 0.3 is 0 Å². The van der Waals surface area contributed by atoms with Crippen molar-refractivity contribution in [2.24, 2.45) is 5.10 Å². The van der Waals surface area contributed by atoms with E-state index in [4.69, 9.17) is 10.1 Å². The van der Waals surface area contributed by atoms with Gasteiger partial charge in [0.05, 0.1) is 5.69 Å². The van der Waals surface area contributed by atoms with Crippen LogP contribution in [-0.4, -0.2) is 17.2 Å². The van der Waals surface area contributed by atoms with Gasteiger partial charge in [0.2, 0.25) is 5.90 Å². The topological polar surface area (TPSA) is 77.7 Å². The van der Waals surface area contributed by atoms with Crippen molar-refractivity contribution >= 4 is 17.8 Å². The molecule has 0 fully saturated rings. The zero-order valence-electron chi connectivity index (χ0n) is 10.1. The summed E-state index contributed by atoms with van der Waals surface area (Å²) in [6.07, 6.45) is 1.25. The molecule has 0 heterocycles. The molecule has 5 heteroatoms. The summed E-state index contributed by atoms with van der Waals surface area (Å²) in [5.74, 6) is 0.342. The van der Waals surface area contributed by atoms with E-state index in [9.17, 15) is 5.11 Å². The molecule has 2 aromatic carbocycles. The number of hydrazone groups is 1. The van der Waals surface area contributed by atoms with Gasteiger partial charge in [-0.2, -0.15) is 5.10 Å². The highest BCUT2D eigenvalue weighted by Gasteiger charge is 1.98. The van der Waals surface area contributed by atoms with E-state index in [2.05, 4.69) is 10.5 Å². The normalized spacial score (nSPS) is 10.3. The lowest BCUT2D eigenvalue weighted by atomic mass is 10.3. The van der Waals surface area contributed by atoms with E-state index in [1.807, 2.05) is 30.3 Å². The van der Waals surface area contributed by atoms with Crippen molar-refractivity contribution in [1.82, 2.24) is 0 Å².